The van der Waals surface area contributed by atoms with Crippen molar-refractivity contribution in [3.05, 3.63) is 40.0 Å². The van der Waals surface area contributed by atoms with Crippen LogP contribution in [0.5, 0.6) is 0 Å². The standard InChI is InChI=1S/C15H10F12/c1-3-5-7-10(14(22,23)24)8(12(16,17)18)6(4-2)9(13(19,20)21)11(7)15(25,26)27/h4H,2-3,5H2,1H3. The number of benzene rings is 1. The molecule has 0 saturated carbocycles. The lowest BCUT2D eigenvalue weighted by Gasteiger charge is -2.29. The van der Waals surface area contributed by atoms with Crippen LogP contribution in [0.2, 0.25) is 0 Å². The van der Waals surface area contributed by atoms with Gasteiger partial charge in [0.1, 0.15) is 0 Å². The molecule has 0 atom stereocenters. The van der Waals surface area contributed by atoms with Gasteiger partial charge in [0.05, 0.1) is 22.3 Å². The fourth-order valence-electron chi connectivity index (χ4n) is 2.74. The molecule has 0 spiro atoms. The summed E-state index contributed by atoms with van der Waals surface area (Å²) in [5.74, 6) is 0. The lowest BCUT2D eigenvalue weighted by molar-refractivity contribution is -0.172. The molecule has 1 rings (SSSR count). The van der Waals surface area contributed by atoms with Crippen LogP contribution in [0, 0.1) is 0 Å². The Morgan fingerprint density at radius 3 is 1.11 bits per heavy atom. The SMILES string of the molecule is C=Cc1c(C(F)(F)F)c(C(F)(F)F)c(CCC)c(C(F)(F)F)c1C(F)(F)F. The van der Waals surface area contributed by atoms with Gasteiger partial charge in [-0.1, -0.05) is 26.0 Å². The third kappa shape index (κ3) is 4.52. The van der Waals surface area contributed by atoms with Crippen LogP contribution in [0.1, 0.15) is 46.7 Å². The van der Waals surface area contributed by atoms with Crippen LogP contribution in [0.15, 0.2) is 6.58 Å². The fraction of sp³-hybridized carbons (Fsp3) is 0.467. The third-order valence-corrected chi connectivity index (χ3v) is 3.48. The Bertz CT molecular complexity index is 660. The monoisotopic (exact) mass is 418 g/mol. The molecular weight excluding hydrogens is 408 g/mol. The number of hydrogen-bond donors (Lipinski definition) is 0. The van der Waals surface area contributed by atoms with Gasteiger partial charge in [0.2, 0.25) is 0 Å². The van der Waals surface area contributed by atoms with Crippen molar-refractivity contribution in [2.45, 2.75) is 44.5 Å². The minimum atomic E-state index is -6.01. The molecule has 0 N–H and O–H groups in total. The van der Waals surface area contributed by atoms with Crippen molar-refractivity contribution in [3.63, 3.8) is 0 Å². The van der Waals surface area contributed by atoms with Gasteiger partial charge < -0.3 is 0 Å². The summed E-state index contributed by atoms with van der Waals surface area (Å²) in [6.45, 7) is 3.58. The van der Waals surface area contributed by atoms with Crippen molar-refractivity contribution in [1.29, 1.82) is 0 Å². The molecule has 0 nitrogen and oxygen atoms in total. The molecule has 0 heterocycles. The molecule has 27 heavy (non-hydrogen) atoms. The van der Waals surface area contributed by atoms with E-state index < -0.39 is 70.9 Å². The molecule has 0 radical (unpaired) electrons. The fourth-order valence-corrected chi connectivity index (χ4v) is 2.74. The van der Waals surface area contributed by atoms with Gasteiger partial charge in [0, 0.05) is 0 Å². The number of hydrogen-bond acceptors (Lipinski definition) is 0. The molecule has 0 aliphatic carbocycles. The summed E-state index contributed by atoms with van der Waals surface area (Å²) in [6.07, 6.45) is -26.2. The van der Waals surface area contributed by atoms with E-state index in [-0.39, 0.29) is 6.08 Å². The van der Waals surface area contributed by atoms with E-state index in [1.165, 1.54) is 0 Å². The lowest BCUT2D eigenvalue weighted by Crippen LogP contribution is -2.29. The van der Waals surface area contributed by atoms with Crippen LogP contribution >= 0.6 is 0 Å². The predicted octanol–water partition coefficient (Wildman–Crippen LogP) is 7.36. The first-order chi connectivity index (χ1) is 11.9. The predicted molar refractivity (Wildman–Crippen MR) is 70.5 cm³/mol. The molecule has 154 valence electrons. The summed E-state index contributed by atoms with van der Waals surface area (Å²) >= 11 is 0. The van der Waals surface area contributed by atoms with Crippen molar-refractivity contribution in [3.8, 4) is 0 Å². The summed E-state index contributed by atoms with van der Waals surface area (Å²) in [7, 11) is 0. The topological polar surface area (TPSA) is 0 Å². The zero-order chi connectivity index (χ0) is 21.6. The van der Waals surface area contributed by atoms with Crippen molar-refractivity contribution in [2.75, 3.05) is 0 Å². The molecule has 0 aromatic heterocycles. The van der Waals surface area contributed by atoms with E-state index in [0.29, 0.717) is 0 Å². The summed E-state index contributed by atoms with van der Waals surface area (Å²) in [4.78, 5) is 0. The maximum atomic E-state index is 13.3. The van der Waals surface area contributed by atoms with Gasteiger partial charge in [-0.2, -0.15) is 52.7 Å². The largest absolute Gasteiger partial charge is 0.417 e. The van der Waals surface area contributed by atoms with Crippen molar-refractivity contribution in [1.82, 2.24) is 0 Å². The highest BCUT2D eigenvalue weighted by molar-refractivity contribution is 5.67. The maximum absolute atomic E-state index is 13.3. The quantitative estimate of drug-likeness (QED) is 0.450. The molecule has 0 bridgehead atoms. The highest BCUT2D eigenvalue weighted by Crippen LogP contribution is 2.53. The van der Waals surface area contributed by atoms with Gasteiger partial charge in [-0.3, -0.25) is 0 Å². The van der Waals surface area contributed by atoms with Crippen molar-refractivity contribution in [2.24, 2.45) is 0 Å². The molecule has 0 aliphatic rings. The number of rotatable bonds is 3. The van der Waals surface area contributed by atoms with Gasteiger partial charge in [0.15, 0.2) is 0 Å². The van der Waals surface area contributed by atoms with Crippen LogP contribution in [0.4, 0.5) is 52.7 Å². The summed E-state index contributed by atoms with van der Waals surface area (Å²) in [5.41, 5.74) is -15.7. The Balaban J connectivity index is 4.51. The van der Waals surface area contributed by atoms with E-state index in [9.17, 15) is 52.7 Å². The second-order valence-electron chi connectivity index (χ2n) is 5.34. The van der Waals surface area contributed by atoms with E-state index in [4.69, 9.17) is 0 Å². The van der Waals surface area contributed by atoms with Crippen molar-refractivity contribution < 1.29 is 52.7 Å². The molecule has 0 aliphatic heterocycles. The molecule has 0 unspecified atom stereocenters. The van der Waals surface area contributed by atoms with Gasteiger partial charge in [-0.25, -0.2) is 0 Å². The van der Waals surface area contributed by atoms with E-state index >= 15 is 0 Å². The normalized spacial score (nSPS) is 13.8. The number of alkyl halides is 12. The van der Waals surface area contributed by atoms with Crippen LogP contribution in [-0.4, -0.2) is 0 Å². The van der Waals surface area contributed by atoms with Crippen LogP contribution in [0.3, 0.4) is 0 Å². The van der Waals surface area contributed by atoms with E-state index in [2.05, 4.69) is 6.58 Å². The molecular formula is C15H10F12. The number of halogens is 12. The first-order valence-corrected chi connectivity index (χ1v) is 7.03. The Hall–Kier alpha value is -1.88. The van der Waals surface area contributed by atoms with Crippen LogP contribution < -0.4 is 0 Å². The Morgan fingerprint density at radius 1 is 0.630 bits per heavy atom. The first-order valence-electron chi connectivity index (χ1n) is 7.03. The zero-order valence-corrected chi connectivity index (χ0v) is 13.2. The Kier molecular flexibility index (Phi) is 5.95. The summed E-state index contributed by atoms with van der Waals surface area (Å²) in [6, 6.07) is 0. The van der Waals surface area contributed by atoms with Gasteiger partial charge in [-0.05, 0) is 17.5 Å². The first kappa shape index (κ1) is 23.2. The maximum Gasteiger partial charge on any atom is 0.417 e. The zero-order valence-electron chi connectivity index (χ0n) is 13.2. The summed E-state index contributed by atoms with van der Waals surface area (Å²) in [5, 5.41) is 0. The lowest BCUT2D eigenvalue weighted by atomic mass is 9.83. The highest BCUT2D eigenvalue weighted by Gasteiger charge is 2.55. The molecule has 0 amide bonds. The third-order valence-electron chi connectivity index (χ3n) is 3.48. The molecule has 1 aromatic rings. The Labute approximate surface area is 144 Å². The molecule has 0 saturated heterocycles. The molecule has 12 heteroatoms. The molecule has 1 aromatic carbocycles. The highest BCUT2D eigenvalue weighted by atomic mass is 19.4. The van der Waals surface area contributed by atoms with Gasteiger partial charge in [-0.15, -0.1) is 0 Å². The van der Waals surface area contributed by atoms with Crippen LogP contribution in [0.25, 0.3) is 6.08 Å². The molecule has 0 fully saturated rings. The van der Waals surface area contributed by atoms with Crippen LogP contribution in [-0.2, 0) is 31.1 Å². The summed E-state index contributed by atoms with van der Waals surface area (Å²) < 4.78 is 159. The average molecular weight is 418 g/mol. The van der Waals surface area contributed by atoms with Gasteiger partial charge >= 0.3 is 24.7 Å². The Morgan fingerprint density at radius 2 is 0.926 bits per heavy atom. The van der Waals surface area contributed by atoms with E-state index in [1.54, 1.807) is 0 Å². The average Bonchev–Trinajstić information content (AvgIpc) is 2.41. The van der Waals surface area contributed by atoms with Gasteiger partial charge in [0.25, 0.3) is 0 Å². The second kappa shape index (κ2) is 6.93. The second-order valence-corrected chi connectivity index (χ2v) is 5.34. The minimum absolute atomic E-state index is 0.300. The van der Waals surface area contributed by atoms with Crippen molar-refractivity contribution >= 4 is 6.08 Å². The minimum Gasteiger partial charge on any atom is -0.166 e. The van der Waals surface area contributed by atoms with E-state index in [1.807, 2.05) is 0 Å². The smallest absolute Gasteiger partial charge is 0.166 e. The van der Waals surface area contributed by atoms with E-state index in [0.717, 1.165) is 6.92 Å².